The quantitative estimate of drug-likeness (QED) is 0.636. The number of aryl methyl sites for hydroxylation is 1. The van der Waals surface area contributed by atoms with E-state index in [0.29, 0.717) is 11.3 Å². The van der Waals surface area contributed by atoms with Crippen molar-refractivity contribution < 1.29 is 9.53 Å². The summed E-state index contributed by atoms with van der Waals surface area (Å²) in [4.78, 5) is 15.9. The highest BCUT2D eigenvalue weighted by atomic mass is 32.2. The molecule has 0 atom stereocenters. The van der Waals surface area contributed by atoms with Crippen molar-refractivity contribution >= 4 is 29.3 Å². The van der Waals surface area contributed by atoms with Gasteiger partial charge in [0.05, 0.1) is 12.7 Å². The molecule has 2 aromatic rings. The molecule has 6 heteroatoms. The predicted molar refractivity (Wildman–Crippen MR) is 72.0 cm³/mol. The van der Waals surface area contributed by atoms with Gasteiger partial charge in [-0.25, -0.2) is 9.78 Å². The number of benzene rings is 1. The van der Waals surface area contributed by atoms with Crippen LogP contribution in [0.25, 0.3) is 0 Å². The number of hydrogen-bond donors (Lipinski definition) is 0. The maximum absolute atomic E-state index is 11.6. The standard InChI is InChI=1S/C12H12N2O2S2/c1-8-13-12(18-14-8)17-7-9-5-3-4-6-10(9)11(15)16-2/h3-6H,7H2,1-2H3. The summed E-state index contributed by atoms with van der Waals surface area (Å²) < 4.78 is 9.79. The van der Waals surface area contributed by atoms with Gasteiger partial charge in [-0.3, -0.25) is 0 Å². The van der Waals surface area contributed by atoms with Crippen LogP contribution in [0.5, 0.6) is 0 Å². The second-order valence-electron chi connectivity index (χ2n) is 3.54. The molecule has 0 aliphatic rings. The fourth-order valence-corrected chi connectivity index (χ4v) is 3.08. The fourth-order valence-electron chi connectivity index (χ4n) is 1.43. The summed E-state index contributed by atoms with van der Waals surface area (Å²) in [7, 11) is 1.39. The van der Waals surface area contributed by atoms with E-state index in [1.54, 1.807) is 17.8 Å². The molecule has 0 aliphatic heterocycles. The summed E-state index contributed by atoms with van der Waals surface area (Å²) in [5.41, 5.74) is 1.55. The highest BCUT2D eigenvalue weighted by Crippen LogP contribution is 2.25. The van der Waals surface area contributed by atoms with Gasteiger partial charge in [-0.1, -0.05) is 30.0 Å². The van der Waals surface area contributed by atoms with Crippen molar-refractivity contribution in [2.75, 3.05) is 7.11 Å². The zero-order chi connectivity index (χ0) is 13.0. The van der Waals surface area contributed by atoms with Gasteiger partial charge in [0, 0.05) is 5.75 Å². The van der Waals surface area contributed by atoms with Gasteiger partial charge in [0.2, 0.25) is 0 Å². The molecule has 1 aromatic heterocycles. The lowest BCUT2D eigenvalue weighted by Crippen LogP contribution is -2.04. The van der Waals surface area contributed by atoms with Crippen molar-refractivity contribution in [1.82, 2.24) is 9.36 Å². The van der Waals surface area contributed by atoms with Gasteiger partial charge < -0.3 is 4.74 Å². The van der Waals surface area contributed by atoms with Crippen molar-refractivity contribution in [2.45, 2.75) is 17.0 Å². The maximum atomic E-state index is 11.6. The Kier molecular flexibility index (Phi) is 4.33. The molecule has 0 saturated carbocycles. The highest BCUT2D eigenvalue weighted by Gasteiger charge is 2.11. The van der Waals surface area contributed by atoms with Crippen LogP contribution in [-0.2, 0) is 10.5 Å². The monoisotopic (exact) mass is 280 g/mol. The summed E-state index contributed by atoms with van der Waals surface area (Å²) in [6, 6.07) is 7.43. The zero-order valence-electron chi connectivity index (χ0n) is 10.0. The summed E-state index contributed by atoms with van der Waals surface area (Å²) in [6.45, 7) is 1.86. The highest BCUT2D eigenvalue weighted by molar-refractivity contribution is 8.00. The summed E-state index contributed by atoms with van der Waals surface area (Å²) in [6.07, 6.45) is 0. The third kappa shape index (κ3) is 3.08. The Bertz CT molecular complexity index is 555. The van der Waals surface area contributed by atoms with Crippen LogP contribution in [0.4, 0.5) is 0 Å². The normalized spacial score (nSPS) is 10.3. The lowest BCUT2D eigenvalue weighted by atomic mass is 10.1. The molecule has 0 bridgehead atoms. The first-order valence-corrected chi connectivity index (χ1v) is 7.06. The number of carbonyl (C=O) groups is 1. The Morgan fingerprint density at radius 3 is 2.89 bits per heavy atom. The van der Waals surface area contributed by atoms with Gasteiger partial charge in [0.15, 0.2) is 4.34 Å². The molecule has 18 heavy (non-hydrogen) atoms. The van der Waals surface area contributed by atoms with E-state index in [2.05, 4.69) is 9.36 Å². The Hall–Kier alpha value is -1.40. The van der Waals surface area contributed by atoms with Gasteiger partial charge in [-0.05, 0) is 30.1 Å². The molecule has 2 rings (SSSR count). The van der Waals surface area contributed by atoms with Crippen molar-refractivity contribution in [1.29, 1.82) is 0 Å². The molecule has 0 amide bonds. The van der Waals surface area contributed by atoms with Crippen LogP contribution in [0.15, 0.2) is 28.6 Å². The number of ether oxygens (including phenoxy) is 1. The van der Waals surface area contributed by atoms with Gasteiger partial charge >= 0.3 is 5.97 Å². The molecule has 0 spiro atoms. The smallest absolute Gasteiger partial charge is 0.338 e. The number of esters is 1. The average Bonchev–Trinajstić information content (AvgIpc) is 2.81. The van der Waals surface area contributed by atoms with Gasteiger partial charge in [0.25, 0.3) is 0 Å². The number of methoxy groups -OCH3 is 1. The fraction of sp³-hybridized carbons (Fsp3) is 0.250. The lowest BCUT2D eigenvalue weighted by molar-refractivity contribution is 0.0600. The van der Waals surface area contributed by atoms with Crippen molar-refractivity contribution in [3.63, 3.8) is 0 Å². The van der Waals surface area contributed by atoms with Gasteiger partial charge in [-0.2, -0.15) is 4.37 Å². The number of rotatable bonds is 4. The SMILES string of the molecule is COC(=O)c1ccccc1CSc1nc(C)ns1. The summed E-state index contributed by atoms with van der Waals surface area (Å²) in [5, 5.41) is 0. The number of hydrogen-bond acceptors (Lipinski definition) is 6. The van der Waals surface area contributed by atoms with Crippen LogP contribution in [0.1, 0.15) is 21.7 Å². The Labute approximate surface area is 114 Å². The van der Waals surface area contributed by atoms with Crippen LogP contribution >= 0.6 is 23.3 Å². The minimum absolute atomic E-state index is 0.306. The maximum Gasteiger partial charge on any atom is 0.338 e. The third-order valence-corrected chi connectivity index (χ3v) is 4.26. The summed E-state index contributed by atoms with van der Waals surface area (Å²) >= 11 is 2.95. The number of thioether (sulfide) groups is 1. The van der Waals surface area contributed by atoms with E-state index in [-0.39, 0.29) is 5.97 Å². The topological polar surface area (TPSA) is 52.1 Å². The van der Waals surface area contributed by atoms with Crippen LogP contribution in [0, 0.1) is 6.92 Å². The van der Waals surface area contributed by atoms with Crippen LogP contribution in [-0.4, -0.2) is 22.4 Å². The second-order valence-corrected chi connectivity index (χ2v) is 5.52. The minimum atomic E-state index is -0.306. The van der Waals surface area contributed by atoms with Crippen molar-refractivity contribution in [3.05, 3.63) is 41.2 Å². The van der Waals surface area contributed by atoms with Crippen LogP contribution in [0.2, 0.25) is 0 Å². The largest absolute Gasteiger partial charge is 0.465 e. The van der Waals surface area contributed by atoms with Crippen LogP contribution in [0.3, 0.4) is 0 Å². The lowest BCUT2D eigenvalue weighted by Gasteiger charge is -2.05. The first kappa shape index (κ1) is 13.0. The molecule has 0 unspecified atom stereocenters. The van der Waals surface area contributed by atoms with Crippen molar-refractivity contribution in [3.8, 4) is 0 Å². The van der Waals surface area contributed by atoms with E-state index in [1.807, 2.05) is 25.1 Å². The number of nitrogens with zero attached hydrogens (tertiary/aromatic N) is 2. The van der Waals surface area contributed by atoms with Crippen molar-refractivity contribution in [2.24, 2.45) is 0 Å². The molecule has 0 fully saturated rings. The number of aromatic nitrogens is 2. The number of carbonyl (C=O) groups excluding carboxylic acids is 1. The van der Waals surface area contributed by atoms with E-state index >= 15 is 0 Å². The van der Waals surface area contributed by atoms with E-state index in [1.165, 1.54) is 18.6 Å². The zero-order valence-corrected chi connectivity index (χ0v) is 11.7. The second kappa shape index (κ2) is 5.97. The van der Waals surface area contributed by atoms with E-state index < -0.39 is 0 Å². The Balaban J connectivity index is 2.11. The van der Waals surface area contributed by atoms with Gasteiger partial charge in [-0.15, -0.1) is 0 Å². The molecule has 4 nitrogen and oxygen atoms in total. The van der Waals surface area contributed by atoms with Crippen LogP contribution < -0.4 is 0 Å². The van der Waals surface area contributed by atoms with E-state index in [9.17, 15) is 4.79 Å². The summed E-state index contributed by atoms with van der Waals surface area (Å²) in [5.74, 6) is 1.16. The minimum Gasteiger partial charge on any atom is -0.465 e. The van der Waals surface area contributed by atoms with E-state index in [0.717, 1.165) is 15.7 Å². The van der Waals surface area contributed by atoms with E-state index in [4.69, 9.17) is 4.74 Å². The Morgan fingerprint density at radius 1 is 1.44 bits per heavy atom. The molecule has 0 aliphatic carbocycles. The first-order chi connectivity index (χ1) is 8.70. The molecule has 0 N–H and O–H groups in total. The Morgan fingerprint density at radius 2 is 2.22 bits per heavy atom. The molecule has 0 radical (unpaired) electrons. The molecular formula is C12H12N2O2S2. The molecular weight excluding hydrogens is 268 g/mol. The molecule has 1 heterocycles. The molecule has 0 saturated heterocycles. The molecule has 1 aromatic carbocycles. The van der Waals surface area contributed by atoms with Gasteiger partial charge in [0.1, 0.15) is 5.82 Å². The third-order valence-electron chi connectivity index (χ3n) is 2.28. The molecule has 94 valence electrons. The first-order valence-electron chi connectivity index (χ1n) is 5.30. The average molecular weight is 280 g/mol. The predicted octanol–water partition coefficient (Wildman–Crippen LogP) is 2.93.